The average molecular weight is 226 g/mol. The van der Waals surface area contributed by atoms with Crippen LogP contribution < -0.4 is 0 Å². The van der Waals surface area contributed by atoms with Crippen LogP contribution in [0.1, 0.15) is 16.1 Å². The number of para-hydroxylation sites is 1. The molecule has 17 heavy (non-hydrogen) atoms. The maximum Gasteiger partial charge on any atom is 0.156 e. The zero-order valence-corrected chi connectivity index (χ0v) is 9.04. The zero-order valence-electron chi connectivity index (χ0n) is 9.04. The van der Waals surface area contributed by atoms with Crippen LogP contribution in [0.3, 0.4) is 0 Å². The molecule has 0 N–H and O–H groups in total. The Bertz CT molecular complexity index is 653. The van der Waals surface area contributed by atoms with Crippen LogP contribution in [0.25, 0.3) is 10.9 Å². The third kappa shape index (κ3) is 1.63. The molecule has 84 valence electrons. The number of rotatable bonds is 3. The van der Waals surface area contributed by atoms with Gasteiger partial charge in [0.05, 0.1) is 18.3 Å². The van der Waals surface area contributed by atoms with Crippen LogP contribution in [0.15, 0.2) is 47.2 Å². The minimum absolute atomic E-state index is 0.578. The summed E-state index contributed by atoms with van der Waals surface area (Å²) >= 11 is 0. The fourth-order valence-corrected chi connectivity index (χ4v) is 2.01. The van der Waals surface area contributed by atoms with Gasteiger partial charge in [-0.2, -0.15) is 0 Å². The third-order valence-corrected chi connectivity index (χ3v) is 2.76. The fourth-order valence-electron chi connectivity index (χ4n) is 2.01. The summed E-state index contributed by atoms with van der Waals surface area (Å²) < 4.78 is 7.06. The summed E-state index contributed by atoms with van der Waals surface area (Å²) in [6, 6.07) is 9.48. The van der Waals surface area contributed by atoms with Crippen molar-refractivity contribution < 1.29 is 9.32 Å². The second-order valence-corrected chi connectivity index (χ2v) is 3.83. The summed E-state index contributed by atoms with van der Waals surface area (Å²) in [4.78, 5) is 11.0. The van der Waals surface area contributed by atoms with Crippen LogP contribution in [0.2, 0.25) is 0 Å². The van der Waals surface area contributed by atoms with E-state index >= 15 is 0 Å². The molecule has 0 saturated heterocycles. The van der Waals surface area contributed by atoms with Crippen molar-refractivity contribution in [3.05, 3.63) is 54.0 Å². The van der Waals surface area contributed by atoms with Gasteiger partial charge in [-0.25, -0.2) is 0 Å². The van der Waals surface area contributed by atoms with Crippen LogP contribution in [0.5, 0.6) is 0 Å². The topological polar surface area (TPSA) is 48.0 Å². The normalized spacial score (nSPS) is 10.8. The van der Waals surface area contributed by atoms with E-state index in [1.807, 2.05) is 41.1 Å². The Morgan fingerprint density at radius 3 is 3.00 bits per heavy atom. The molecule has 3 rings (SSSR count). The number of aromatic nitrogens is 2. The minimum Gasteiger partial charge on any atom is -0.359 e. The molecule has 0 fully saturated rings. The predicted octanol–water partition coefficient (Wildman–Crippen LogP) is 2.49. The molecule has 0 atom stereocenters. The molecule has 0 bridgehead atoms. The highest BCUT2D eigenvalue weighted by Crippen LogP contribution is 2.20. The Labute approximate surface area is 97.4 Å². The maximum absolute atomic E-state index is 11.0. The van der Waals surface area contributed by atoms with Crippen molar-refractivity contribution in [1.82, 2.24) is 9.72 Å². The lowest BCUT2D eigenvalue weighted by Crippen LogP contribution is -1.98. The number of aldehydes is 1. The Morgan fingerprint density at radius 2 is 2.24 bits per heavy atom. The van der Waals surface area contributed by atoms with E-state index in [2.05, 4.69) is 5.16 Å². The van der Waals surface area contributed by atoms with Crippen molar-refractivity contribution >= 4 is 17.2 Å². The van der Waals surface area contributed by atoms with Gasteiger partial charge in [0.25, 0.3) is 0 Å². The van der Waals surface area contributed by atoms with Gasteiger partial charge in [0.2, 0.25) is 0 Å². The molecule has 4 heteroatoms. The fraction of sp³-hybridized carbons (Fsp3) is 0.0769. The molecular weight excluding hydrogens is 216 g/mol. The third-order valence-electron chi connectivity index (χ3n) is 2.76. The molecule has 3 aromatic rings. The Hall–Kier alpha value is -2.36. The summed E-state index contributed by atoms with van der Waals surface area (Å²) in [6.07, 6.45) is 4.43. The van der Waals surface area contributed by atoms with Crippen molar-refractivity contribution in [2.24, 2.45) is 0 Å². The van der Waals surface area contributed by atoms with Gasteiger partial charge in [-0.1, -0.05) is 17.3 Å². The molecule has 0 radical (unpaired) electrons. The molecule has 2 aromatic heterocycles. The van der Waals surface area contributed by atoms with Crippen molar-refractivity contribution in [2.75, 3.05) is 0 Å². The highest BCUT2D eigenvalue weighted by molar-refractivity contribution is 5.96. The van der Waals surface area contributed by atoms with E-state index in [4.69, 9.17) is 4.52 Å². The van der Waals surface area contributed by atoms with Gasteiger partial charge in [-0.3, -0.25) is 4.79 Å². The first kappa shape index (κ1) is 9.84. The first-order chi connectivity index (χ1) is 8.38. The highest BCUT2D eigenvalue weighted by Gasteiger charge is 2.07. The van der Waals surface area contributed by atoms with Gasteiger partial charge < -0.3 is 9.09 Å². The van der Waals surface area contributed by atoms with E-state index in [0.717, 1.165) is 22.9 Å². The summed E-state index contributed by atoms with van der Waals surface area (Å²) in [5.74, 6) is 0.767. The number of hydrogen-bond acceptors (Lipinski definition) is 3. The van der Waals surface area contributed by atoms with Gasteiger partial charge in [-0.15, -0.1) is 0 Å². The highest BCUT2D eigenvalue weighted by atomic mass is 16.5. The van der Waals surface area contributed by atoms with Crippen molar-refractivity contribution in [3.8, 4) is 0 Å². The lowest BCUT2D eigenvalue weighted by atomic mass is 10.1. The number of carbonyl (C=O) groups is 1. The van der Waals surface area contributed by atoms with E-state index in [-0.39, 0.29) is 0 Å². The monoisotopic (exact) mass is 226 g/mol. The summed E-state index contributed by atoms with van der Waals surface area (Å²) in [7, 11) is 0. The molecule has 0 spiro atoms. The number of hydrogen-bond donors (Lipinski definition) is 0. The van der Waals surface area contributed by atoms with Gasteiger partial charge in [-0.05, 0) is 12.1 Å². The Kier molecular flexibility index (Phi) is 2.26. The summed E-state index contributed by atoms with van der Waals surface area (Å²) in [6.45, 7) is 0.578. The van der Waals surface area contributed by atoms with E-state index in [1.54, 1.807) is 6.20 Å². The van der Waals surface area contributed by atoms with E-state index in [0.29, 0.717) is 12.1 Å². The van der Waals surface area contributed by atoms with Crippen LogP contribution >= 0.6 is 0 Å². The number of nitrogens with zero attached hydrogens (tertiary/aromatic N) is 2. The van der Waals surface area contributed by atoms with Crippen molar-refractivity contribution in [3.63, 3.8) is 0 Å². The average Bonchev–Trinajstić information content (AvgIpc) is 2.99. The number of benzene rings is 1. The smallest absolute Gasteiger partial charge is 0.156 e. The maximum atomic E-state index is 11.0. The molecule has 0 unspecified atom stereocenters. The molecule has 2 heterocycles. The minimum atomic E-state index is 0.578. The Morgan fingerprint density at radius 1 is 1.29 bits per heavy atom. The van der Waals surface area contributed by atoms with Gasteiger partial charge in [0, 0.05) is 23.2 Å². The largest absolute Gasteiger partial charge is 0.359 e. The van der Waals surface area contributed by atoms with Crippen molar-refractivity contribution in [2.45, 2.75) is 6.54 Å². The van der Waals surface area contributed by atoms with E-state index < -0.39 is 0 Å². The van der Waals surface area contributed by atoms with Gasteiger partial charge in [0.1, 0.15) is 0 Å². The van der Waals surface area contributed by atoms with Crippen LogP contribution in [-0.4, -0.2) is 16.0 Å². The molecule has 0 amide bonds. The predicted molar refractivity (Wildman–Crippen MR) is 62.9 cm³/mol. The lowest BCUT2D eigenvalue weighted by molar-refractivity contribution is 0.112. The lowest BCUT2D eigenvalue weighted by Gasteiger charge is -2.04. The Balaban J connectivity index is 2.13. The zero-order chi connectivity index (χ0) is 11.7. The van der Waals surface area contributed by atoms with Gasteiger partial charge >= 0.3 is 0 Å². The molecule has 0 saturated carbocycles. The summed E-state index contributed by atoms with van der Waals surface area (Å²) in [5, 5.41) is 4.72. The van der Waals surface area contributed by atoms with Crippen molar-refractivity contribution in [1.29, 1.82) is 0 Å². The van der Waals surface area contributed by atoms with Crippen LogP contribution in [0.4, 0.5) is 0 Å². The molecule has 0 aliphatic rings. The van der Waals surface area contributed by atoms with Gasteiger partial charge in [0.15, 0.2) is 12.0 Å². The van der Waals surface area contributed by atoms with E-state index in [9.17, 15) is 4.79 Å². The second kappa shape index (κ2) is 3.90. The first-order valence-electron chi connectivity index (χ1n) is 5.31. The summed E-state index contributed by atoms with van der Waals surface area (Å²) in [5.41, 5.74) is 1.62. The van der Waals surface area contributed by atoms with Crippen LogP contribution in [0, 0.1) is 0 Å². The quantitative estimate of drug-likeness (QED) is 0.644. The molecule has 0 aliphatic heterocycles. The SMILES string of the molecule is O=Cc1cccc2ccn(Cc3ccno3)c12. The first-order valence-corrected chi connectivity index (χ1v) is 5.31. The molecule has 0 aliphatic carbocycles. The standard InChI is InChI=1S/C13H10N2O2/c16-9-11-3-1-2-10-5-7-15(13(10)11)8-12-4-6-14-17-12/h1-7,9H,8H2. The second-order valence-electron chi connectivity index (χ2n) is 3.83. The molecule has 4 nitrogen and oxygen atoms in total. The molecular formula is C13H10N2O2. The number of fused-ring (bicyclic) bond motifs is 1. The number of carbonyl (C=O) groups excluding carboxylic acids is 1. The van der Waals surface area contributed by atoms with E-state index in [1.165, 1.54) is 0 Å². The van der Waals surface area contributed by atoms with Crippen LogP contribution in [-0.2, 0) is 6.54 Å². The molecule has 1 aromatic carbocycles.